The van der Waals surface area contributed by atoms with Crippen LogP contribution >= 0.6 is 11.6 Å². The predicted octanol–water partition coefficient (Wildman–Crippen LogP) is 3.12. The molecule has 0 bridgehead atoms. The zero-order valence-corrected chi connectivity index (χ0v) is 15.0. The van der Waals surface area contributed by atoms with Crippen molar-refractivity contribution in [1.29, 1.82) is 0 Å². The predicted molar refractivity (Wildman–Crippen MR) is 101 cm³/mol. The van der Waals surface area contributed by atoms with E-state index in [0.29, 0.717) is 6.04 Å². The van der Waals surface area contributed by atoms with Gasteiger partial charge in [-0.3, -0.25) is 15.0 Å². The van der Waals surface area contributed by atoms with E-state index in [-0.39, 0.29) is 5.91 Å². The maximum absolute atomic E-state index is 11.8. The van der Waals surface area contributed by atoms with E-state index in [2.05, 4.69) is 22.3 Å². The van der Waals surface area contributed by atoms with Gasteiger partial charge in [0.25, 0.3) is 0 Å². The molecule has 3 N–H and O–H groups in total. The van der Waals surface area contributed by atoms with Gasteiger partial charge in [0.1, 0.15) is 6.04 Å². The fourth-order valence-electron chi connectivity index (χ4n) is 3.33. The average molecular weight is 358 g/mol. The molecule has 3 rings (SSSR count). The van der Waals surface area contributed by atoms with E-state index in [9.17, 15) is 4.79 Å². The largest absolute Gasteiger partial charge is 0.368 e. The van der Waals surface area contributed by atoms with Gasteiger partial charge in [-0.05, 0) is 49.2 Å². The Balaban J connectivity index is 1.53. The molecule has 0 radical (unpaired) electrons. The van der Waals surface area contributed by atoms with Crippen molar-refractivity contribution in [3.05, 3.63) is 70.7 Å². The molecule has 4 nitrogen and oxygen atoms in total. The van der Waals surface area contributed by atoms with Crippen LogP contribution in [0.4, 0.5) is 0 Å². The molecule has 1 atom stereocenters. The number of nitrogens with one attached hydrogen (secondary N) is 1. The molecule has 2 aromatic carbocycles. The van der Waals surface area contributed by atoms with E-state index in [1.54, 1.807) is 0 Å². The number of carbonyl (C=O) groups excluding carboxylic acids is 1. The molecule has 5 heteroatoms. The van der Waals surface area contributed by atoms with Crippen molar-refractivity contribution in [1.82, 2.24) is 10.2 Å². The zero-order chi connectivity index (χ0) is 17.6. The Morgan fingerprint density at radius 3 is 2.36 bits per heavy atom. The Labute approximate surface area is 154 Å². The minimum absolute atomic E-state index is 0.305. The van der Waals surface area contributed by atoms with E-state index < -0.39 is 6.04 Å². The number of rotatable bonds is 6. The van der Waals surface area contributed by atoms with Gasteiger partial charge in [0.2, 0.25) is 5.91 Å². The summed E-state index contributed by atoms with van der Waals surface area (Å²) in [5.41, 5.74) is 7.81. The summed E-state index contributed by atoms with van der Waals surface area (Å²) in [7, 11) is 0. The van der Waals surface area contributed by atoms with E-state index in [1.807, 2.05) is 42.5 Å². The maximum Gasteiger partial charge on any atom is 0.239 e. The zero-order valence-electron chi connectivity index (χ0n) is 14.2. The summed E-state index contributed by atoms with van der Waals surface area (Å²) in [4.78, 5) is 14.3. The van der Waals surface area contributed by atoms with Crippen molar-refractivity contribution in [3.63, 3.8) is 0 Å². The molecule has 0 aromatic heterocycles. The fraction of sp³-hybridized carbons (Fsp3) is 0.350. The Bertz CT molecular complexity index is 682. The van der Waals surface area contributed by atoms with Gasteiger partial charge in [0, 0.05) is 17.6 Å². The van der Waals surface area contributed by atoms with Crippen LogP contribution in [0.3, 0.4) is 0 Å². The molecule has 1 fully saturated rings. The van der Waals surface area contributed by atoms with Crippen LogP contribution in [-0.4, -0.2) is 29.9 Å². The lowest BCUT2D eigenvalue weighted by molar-refractivity contribution is -0.120. The third-order valence-electron chi connectivity index (χ3n) is 4.73. The molecule has 0 saturated carbocycles. The van der Waals surface area contributed by atoms with Crippen molar-refractivity contribution in [2.24, 2.45) is 5.73 Å². The number of hydrogen-bond acceptors (Lipinski definition) is 3. The highest BCUT2D eigenvalue weighted by Crippen LogP contribution is 2.19. The smallest absolute Gasteiger partial charge is 0.239 e. The molecule has 1 saturated heterocycles. The normalized spacial score (nSPS) is 17.3. The number of benzene rings is 2. The van der Waals surface area contributed by atoms with Crippen molar-refractivity contribution < 1.29 is 4.79 Å². The van der Waals surface area contributed by atoms with E-state index in [0.717, 1.165) is 43.1 Å². The highest BCUT2D eigenvalue weighted by atomic mass is 35.5. The van der Waals surface area contributed by atoms with Crippen LogP contribution in [-0.2, 0) is 11.3 Å². The molecule has 132 valence electrons. The van der Waals surface area contributed by atoms with Crippen LogP contribution in [0.1, 0.15) is 30.0 Å². The van der Waals surface area contributed by atoms with Gasteiger partial charge in [0.15, 0.2) is 0 Å². The average Bonchev–Trinajstić information content (AvgIpc) is 2.63. The third kappa shape index (κ3) is 5.05. The fourth-order valence-corrected chi connectivity index (χ4v) is 3.46. The lowest BCUT2D eigenvalue weighted by Gasteiger charge is -2.34. The molecule has 0 unspecified atom stereocenters. The maximum atomic E-state index is 11.8. The lowest BCUT2D eigenvalue weighted by Crippen LogP contribution is -2.46. The van der Waals surface area contributed by atoms with E-state index in [4.69, 9.17) is 17.3 Å². The molecule has 2 aromatic rings. The van der Waals surface area contributed by atoms with Gasteiger partial charge >= 0.3 is 0 Å². The Morgan fingerprint density at radius 1 is 1.12 bits per heavy atom. The van der Waals surface area contributed by atoms with Crippen molar-refractivity contribution in [2.45, 2.75) is 31.5 Å². The van der Waals surface area contributed by atoms with Crippen LogP contribution in [0.2, 0.25) is 5.02 Å². The summed E-state index contributed by atoms with van der Waals surface area (Å²) in [6.07, 6.45) is 2.01. The van der Waals surface area contributed by atoms with Crippen LogP contribution in [0.25, 0.3) is 0 Å². The number of likely N-dealkylation sites (tertiary alicyclic amines) is 1. The molecular formula is C20H24ClN3O. The topological polar surface area (TPSA) is 58.4 Å². The van der Waals surface area contributed by atoms with Crippen LogP contribution in [0.15, 0.2) is 54.6 Å². The summed E-state index contributed by atoms with van der Waals surface area (Å²) in [6, 6.07) is 17.6. The summed E-state index contributed by atoms with van der Waals surface area (Å²) >= 11 is 5.94. The first kappa shape index (κ1) is 17.9. The molecule has 0 spiro atoms. The SMILES string of the molecule is NC(=O)[C@H](NC1CCN(Cc2ccc(Cl)cc2)CC1)c1ccccc1. The highest BCUT2D eigenvalue weighted by Gasteiger charge is 2.25. The number of nitrogens with two attached hydrogens (primary N) is 1. The summed E-state index contributed by atoms with van der Waals surface area (Å²) in [5, 5.41) is 4.21. The summed E-state index contributed by atoms with van der Waals surface area (Å²) in [6.45, 7) is 2.93. The minimum atomic E-state index is -0.422. The van der Waals surface area contributed by atoms with Gasteiger partial charge in [-0.1, -0.05) is 54.1 Å². The van der Waals surface area contributed by atoms with Crippen molar-refractivity contribution >= 4 is 17.5 Å². The molecule has 25 heavy (non-hydrogen) atoms. The van der Waals surface area contributed by atoms with Crippen LogP contribution in [0.5, 0.6) is 0 Å². The monoisotopic (exact) mass is 357 g/mol. The number of piperidine rings is 1. The Kier molecular flexibility index (Phi) is 6.08. The van der Waals surface area contributed by atoms with Crippen molar-refractivity contribution in [2.75, 3.05) is 13.1 Å². The molecule has 0 aliphatic carbocycles. The minimum Gasteiger partial charge on any atom is -0.368 e. The van der Waals surface area contributed by atoms with Crippen molar-refractivity contribution in [3.8, 4) is 0 Å². The quantitative estimate of drug-likeness (QED) is 0.835. The number of halogens is 1. The Hall–Kier alpha value is -1.88. The molecule has 1 heterocycles. The summed E-state index contributed by atoms with van der Waals surface area (Å²) in [5.74, 6) is -0.324. The first-order valence-corrected chi connectivity index (χ1v) is 9.07. The first-order valence-electron chi connectivity index (χ1n) is 8.69. The Morgan fingerprint density at radius 2 is 1.76 bits per heavy atom. The molecule has 1 aliphatic rings. The summed E-state index contributed by atoms with van der Waals surface area (Å²) < 4.78 is 0. The van der Waals surface area contributed by atoms with Gasteiger partial charge in [-0.2, -0.15) is 0 Å². The lowest BCUT2D eigenvalue weighted by atomic mass is 10.00. The molecular weight excluding hydrogens is 334 g/mol. The number of hydrogen-bond donors (Lipinski definition) is 2. The number of amides is 1. The molecule has 1 amide bonds. The number of primary amides is 1. The number of nitrogens with zero attached hydrogens (tertiary/aromatic N) is 1. The molecule has 1 aliphatic heterocycles. The van der Waals surface area contributed by atoms with Crippen LogP contribution < -0.4 is 11.1 Å². The first-order chi connectivity index (χ1) is 12.1. The van der Waals surface area contributed by atoms with Gasteiger partial charge in [-0.15, -0.1) is 0 Å². The van der Waals surface area contributed by atoms with Gasteiger partial charge < -0.3 is 5.73 Å². The van der Waals surface area contributed by atoms with Crippen LogP contribution in [0, 0.1) is 0 Å². The van der Waals surface area contributed by atoms with E-state index in [1.165, 1.54) is 5.56 Å². The standard InChI is InChI=1S/C20H24ClN3O/c21-17-8-6-15(7-9-17)14-24-12-10-18(11-13-24)23-19(20(22)25)16-4-2-1-3-5-16/h1-9,18-19,23H,10-14H2,(H2,22,25)/t19-/m1/s1. The second-order valence-corrected chi connectivity index (χ2v) is 7.03. The second-order valence-electron chi connectivity index (χ2n) is 6.59. The highest BCUT2D eigenvalue weighted by molar-refractivity contribution is 6.30. The number of carbonyl (C=O) groups is 1. The second kappa shape index (κ2) is 8.48. The third-order valence-corrected chi connectivity index (χ3v) is 4.98. The van der Waals surface area contributed by atoms with Gasteiger partial charge in [-0.25, -0.2) is 0 Å². The van der Waals surface area contributed by atoms with E-state index >= 15 is 0 Å². The van der Waals surface area contributed by atoms with Gasteiger partial charge in [0.05, 0.1) is 0 Å².